The van der Waals surface area contributed by atoms with Crippen LogP contribution in [0.2, 0.25) is 0 Å². The number of thiazole rings is 1. The van der Waals surface area contributed by atoms with Crippen LogP contribution in [0.15, 0.2) is 69.6 Å². The van der Waals surface area contributed by atoms with E-state index < -0.39 is 12.0 Å². The van der Waals surface area contributed by atoms with Crippen molar-refractivity contribution in [3.8, 4) is 5.69 Å². The molecule has 1 atom stereocenters. The van der Waals surface area contributed by atoms with Crippen molar-refractivity contribution in [1.29, 1.82) is 0 Å². The number of ether oxygens (including phenoxy) is 1. The molecule has 2 aromatic carbocycles. The molecule has 0 bridgehead atoms. The van der Waals surface area contributed by atoms with Gasteiger partial charge in [-0.15, -0.1) is 0 Å². The van der Waals surface area contributed by atoms with E-state index in [1.807, 2.05) is 56.3 Å². The number of rotatable bonds is 6. The van der Waals surface area contributed by atoms with E-state index >= 15 is 0 Å². The number of esters is 1. The summed E-state index contributed by atoms with van der Waals surface area (Å²) in [6.45, 7) is 12.2. The summed E-state index contributed by atoms with van der Waals surface area (Å²) < 4.78 is 9.86. The quantitative estimate of drug-likeness (QED) is 0.311. The highest BCUT2D eigenvalue weighted by Gasteiger charge is 2.33. The minimum atomic E-state index is -0.633. The molecule has 0 spiro atoms. The Hall–Kier alpha value is -4.17. The molecule has 0 saturated carbocycles. The van der Waals surface area contributed by atoms with Gasteiger partial charge in [0.2, 0.25) is 0 Å². The standard InChI is InChI=1S/C33H36N4O3S/c1-9-40-32(39)29-22(5)34-33-37(30(29)24-10-12-26(13-11-24)35(7)8)31(38)28(41-33)18-25-17-21(4)36(23(25)6)27-15-19(2)14-20(3)16-27/h10-18,30H,9H2,1-8H3/b28-18+/t30-/m1/s1. The molecule has 2 aromatic heterocycles. The topological polar surface area (TPSA) is 68.8 Å². The Labute approximate surface area is 244 Å². The van der Waals surface area contributed by atoms with Gasteiger partial charge in [0, 0.05) is 36.9 Å². The molecule has 0 radical (unpaired) electrons. The molecule has 0 saturated heterocycles. The van der Waals surface area contributed by atoms with Gasteiger partial charge in [-0.25, -0.2) is 9.79 Å². The summed E-state index contributed by atoms with van der Waals surface area (Å²) >= 11 is 1.34. The van der Waals surface area contributed by atoms with Gasteiger partial charge in [0.25, 0.3) is 5.56 Å². The lowest BCUT2D eigenvalue weighted by Crippen LogP contribution is -2.40. The smallest absolute Gasteiger partial charge is 0.338 e. The third kappa shape index (κ3) is 5.20. The van der Waals surface area contributed by atoms with Crippen molar-refractivity contribution in [3.63, 3.8) is 0 Å². The van der Waals surface area contributed by atoms with E-state index in [0.29, 0.717) is 20.6 Å². The Bertz CT molecular complexity index is 1850. The number of hydrogen-bond acceptors (Lipinski definition) is 6. The number of anilines is 1. The Morgan fingerprint density at radius 1 is 1.02 bits per heavy atom. The number of aromatic nitrogens is 2. The third-order valence-corrected chi connectivity index (χ3v) is 8.45. The van der Waals surface area contributed by atoms with E-state index in [2.05, 4.69) is 56.5 Å². The van der Waals surface area contributed by atoms with Crippen LogP contribution in [0.3, 0.4) is 0 Å². The van der Waals surface area contributed by atoms with Crippen LogP contribution in [-0.4, -0.2) is 35.8 Å². The zero-order chi connectivity index (χ0) is 29.6. The lowest BCUT2D eigenvalue weighted by Gasteiger charge is -2.25. The van der Waals surface area contributed by atoms with Crippen LogP contribution in [0.1, 0.15) is 53.5 Å². The second kappa shape index (κ2) is 11.0. The molecule has 0 unspecified atom stereocenters. The van der Waals surface area contributed by atoms with Crippen molar-refractivity contribution in [2.45, 2.75) is 47.6 Å². The molecule has 1 aliphatic heterocycles. The van der Waals surface area contributed by atoms with Crippen LogP contribution in [0, 0.1) is 27.7 Å². The highest BCUT2D eigenvalue weighted by atomic mass is 32.1. The van der Waals surface area contributed by atoms with E-state index in [-0.39, 0.29) is 12.2 Å². The first-order chi connectivity index (χ1) is 19.5. The highest BCUT2D eigenvalue weighted by Crippen LogP contribution is 2.32. The Morgan fingerprint density at radius 2 is 1.68 bits per heavy atom. The van der Waals surface area contributed by atoms with Gasteiger partial charge in [0.1, 0.15) is 0 Å². The summed E-state index contributed by atoms with van der Waals surface area (Å²) in [6.07, 6.45) is 1.95. The van der Waals surface area contributed by atoms with E-state index in [4.69, 9.17) is 9.73 Å². The summed E-state index contributed by atoms with van der Waals surface area (Å²) in [5.74, 6) is -0.457. The molecule has 7 nitrogen and oxygen atoms in total. The maximum Gasteiger partial charge on any atom is 0.338 e. The molecule has 3 heterocycles. The molecule has 212 valence electrons. The first-order valence-corrected chi connectivity index (χ1v) is 14.6. The maximum atomic E-state index is 14.1. The van der Waals surface area contributed by atoms with E-state index in [9.17, 15) is 9.59 Å². The summed E-state index contributed by atoms with van der Waals surface area (Å²) in [4.78, 5) is 34.5. The second-order valence-electron chi connectivity index (χ2n) is 10.8. The van der Waals surface area contributed by atoms with Gasteiger partial charge in [-0.05, 0) is 100 Å². The number of carbonyl (C=O) groups excluding carboxylic acids is 1. The monoisotopic (exact) mass is 568 g/mol. The predicted octanol–water partition coefficient (Wildman–Crippen LogP) is 4.89. The van der Waals surface area contributed by atoms with Gasteiger partial charge in [-0.1, -0.05) is 29.5 Å². The molecule has 0 N–H and O–H groups in total. The normalized spacial score (nSPS) is 15.1. The first-order valence-electron chi connectivity index (χ1n) is 13.7. The van der Waals surface area contributed by atoms with Gasteiger partial charge in [-0.3, -0.25) is 9.36 Å². The molecule has 8 heteroatoms. The van der Waals surface area contributed by atoms with Crippen LogP contribution >= 0.6 is 11.3 Å². The molecule has 5 rings (SSSR count). The largest absolute Gasteiger partial charge is 0.463 e. The zero-order valence-corrected chi connectivity index (χ0v) is 25.7. The Balaban J connectivity index is 1.68. The summed E-state index contributed by atoms with van der Waals surface area (Å²) in [5, 5.41) is 0. The number of carbonyl (C=O) groups is 1. The lowest BCUT2D eigenvalue weighted by atomic mass is 9.95. The molecule has 0 aliphatic carbocycles. The molecule has 0 fully saturated rings. The SMILES string of the molecule is CCOC(=O)C1=C(C)N=c2s/c(=C/c3cc(C)n(-c4cc(C)cc(C)c4)c3C)c(=O)n2[C@@H]1c1ccc(N(C)C)cc1. The minimum Gasteiger partial charge on any atom is -0.463 e. The van der Waals surface area contributed by atoms with Gasteiger partial charge in [0.15, 0.2) is 4.80 Å². The number of hydrogen-bond donors (Lipinski definition) is 0. The molecule has 0 amide bonds. The Kier molecular flexibility index (Phi) is 7.62. The van der Waals surface area contributed by atoms with Crippen LogP contribution < -0.4 is 19.8 Å². The number of fused-ring (bicyclic) bond motifs is 1. The summed E-state index contributed by atoms with van der Waals surface area (Å²) in [6, 6.07) is 15.9. The third-order valence-electron chi connectivity index (χ3n) is 7.46. The number of aryl methyl sites for hydroxylation is 3. The minimum absolute atomic E-state index is 0.180. The molecular formula is C33H36N4O3S. The maximum absolute atomic E-state index is 14.1. The van der Waals surface area contributed by atoms with E-state index in [1.54, 1.807) is 11.5 Å². The van der Waals surface area contributed by atoms with Gasteiger partial charge in [0.05, 0.1) is 28.5 Å². The van der Waals surface area contributed by atoms with Crippen LogP contribution in [0.4, 0.5) is 5.69 Å². The van der Waals surface area contributed by atoms with Crippen molar-refractivity contribution in [2.75, 3.05) is 25.6 Å². The molecule has 41 heavy (non-hydrogen) atoms. The average molecular weight is 569 g/mol. The van der Waals surface area contributed by atoms with Crippen molar-refractivity contribution in [1.82, 2.24) is 9.13 Å². The zero-order valence-electron chi connectivity index (χ0n) is 24.9. The number of allylic oxidation sites excluding steroid dienone is 1. The molecule has 1 aliphatic rings. The predicted molar refractivity (Wildman–Crippen MR) is 166 cm³/mol. The first kappa shape index (κ1) is 28.4. The van der Waals surface area contributed by atoms with Crippen molar-refractivity contribution < 1.29 is 9.53 Å². The lowest BCUT2D eigenvalue weighted by molar-refractivity contribution is -0.139. The number of benzene rings is 2. The van der Waals surface area contributed by atoms with E-state index in [1.165, 1.54) is 22.5 Å². The van der Waals surface area contributed by atoms with Gasteiger partial charge < -0.3 is 14.2 Å². The summed E-state index contributed by atoms with van der Waals surface area (Å²) in [7, 11) is 3.95. The molecule has 4 aromatic rings. The van der Waals surface area contributed by atoms with Crippen LogP contribution in [0.5, 0.6) is 0 Å². The summed E-state index contributed by atoms with van der Waals surface area (Å²) in [5.41, 5.74) is 9.25. The number of nitrogens with zero attached hydrogens (tertiary/aromatic N) is 4. The second-order valence-corrected chi connectivity index (χ2v) is 11.8. The fourth-order valence-electron chi connectivity index (χ4n) is 5.61. The van der Waals surface area contributed by atoms with Gasteiger partial charge >= 0.3 is 5.97 Å². The fourth-order valence-corrected chi connectivity index (χ4v) is 6.65. The van der Waals surface area contributed by atoms with Crippen molar-refractivity contribution in [2.24, 2.45) is 4.99 Å². The van der Waals surface area contributed by atoms with Gasteiger partial charge in [-0.2, -0.15) is 0 Å². The molecular weight excluding hydrogens is 532 g/mol. The van der Waals surface area contributed by atoms with E-state index in [0.717, 1.165) is 33.9 Å². The Morgan fingerprint density at radius 3 is 2.29 bits per heavy atom. The highest BCUT2D eigenvalue weighted by molar-refractivity contribution is 7.07. The fraction of sp³-hybridized carbons (Fsp3) is 0.303. The average Bonchev–Trinajstić information content (AvgIpc) is 3.36. The van der Waals surface area contributed by atoms with Crippen molar-refractivity contribution in [3.05, 3.63) is 113 Å². The van der Waals surface area contributed by atoms with Crippen LogP contribution in [0.25, 0.3) is 11.8 Å². The van der Waals surface area contributed by atoms with Crippen LogP contribution in [-0.2, 0) is 9.53 Å². The van der Waals surface area contributed by atoms with Crippen molar-refractivity contribution >= 4 is 29.1 Å².